The van der Waals surface area contributed by atoms with Gasteiger partial charge in [-0.05, 0) is 75.2 Å². The Morgan fingerprint density at radius 2 is 1.85 bits per heavy atom. The molecule has 0 atom stereocenters. The van der Waals surface area contributed by atoms with E-state index in [2.05, 4.69) is 25.3 Å². The van der Waals surface area contributed by atoms with Gasteiger partial charge in [-0.15, -0.1) is 0 Å². The summed E-state index contributed by atoms with van der Waals surface area (Å²) in [7, 11) is 1.63. The molecule has 0 spiro atoms. The standard InChI is InChI=1S/C31H33ClFN5O3/c1-21(37-41-19-23-6-9-24(33)16-27(23)32)22-7-10-25(11-8-22)36-31-26-17-29(39-2)30(18-28(26)34-20-35-31)40-15-5-14-38-12-3-4-13-38/h6-11,16-18,20H,3-5,12-15,19H2,1-2H3,(H,34,35,36)/b37-21+. The second-order valence-electron chi connectivity index (χ2n) is 9.88. The summed E-state index contributed by atoms with van der Waals surface area (Å²) in [6, 6.07) is 15.7. The lowest BCUT2D eigenvalue weighted by Gasteiger charge is -2.16. The molecular formula is C31H33ClFN5O3. The van der Waals surface area contributed by atoms with Crippen molar-refractivity contribution in [3.8, 4) is 11.5 Å². The molecule has 2 heterocycles. The number of oxime groups is 1. The zero-order valence-electron chi connectivity index (χ0n) is 23.2. The number of aromatic nitrogens is 2. The highest BCUT2D eigenvalue weighted by molar-refractivity contribution is 6.31. The number of nitrogens with zero attached hydrogens (tertiary/aromatic N) is 4. The van der Waals surface area contributed by atoms with Gasteiger partial charge in [-0.25, -0.2) is 14.4 Å². The molecule has 1 saturated heterocycles. The van der Waals surface area contributed by atoms with E-state index in [0.717, 1.165) is 35.1 Å². The monoisotopic (exact) mass is 577 g/mol. The number of methoxy groups -OCH3 is 1. The molecule has 0 bridgehead atoms. The van der Waals surface area contributed by atoms with E-state index in [-0.39, 0.29) is 6.61 Å². The van der Waals surface area contributed by atoms with Crippen molar-refractivity contribution < 1.29 is 18.7 Å². The lowest BCUT2D eigenvalue weighted by Crippen LogP contribution is -2.21. The summed E-state index contributed by atoms with van der Waals surface area (Å²) in [6.07, 6.45) is 5.08. The van der Waals surface area contributed by atoms with Gasteiger partial charge in [0, 0.05) is 29.2 Å². The smallest absolute Gasteiger partial charge is 0.163 e. The Bertz CT molecular complexity index is 1510. The predicted octanol–water partition coefficient (Wildman–Crippen LogP) is 6.98. The third-order valence-corrected chi connectivity index (χ3v) is 7.35. The van der Waals surface area contributed by atoms with Crippen molar-refractivity contribution in [3.63, 3.8) is 0 Å². The van der Waals surface area contributed by atoms with Crippen LogP contribution in [-0.2, 0) is 11.4 Å². The van der Waals surface area contributed by atoms with Gasteiger partial charge in [-0.3, -0.25) is 0 Å². The van der Waals surface area contributed by atoms with Crippen molar-refractivity contribution in [2.24, 2.45) is 5.16 Å². The SMILES string of the molecule is COc1cc2c(Nc3ccc(/C(C)=N/OCc4ccc(F)cc4Cl)cc3)ncnc2cc1OCCCN1CCCC1. The summed E-state index contributed by atoms with van der Waals surface area (Å²) in [4.78, 5) is 16.8. The van der Waals surface area contributed by atoms with Crippen LogP contribution in [0.3, 0.4) is 0 Å². The van der Waals surface area contributed by atoms with E-state index in [1.54, 1.807) is 13.2 Å². The molecule has 3 aromatic carbocycles. The Morgan fingerprint density at radius 3 is 2.61 bits per heavy atom. The predicted molar refractivity (Wildman–Crippen MR) is 160 cm³/mol. The normalized spacial score (nSPS) is 13.9. The van der Waals surface area contributed by atoms with E-state index in [1.165, 1.54) is 44.4 Å². The maximum absolute atomic E-state index is 13.2. The first kappa shape index (κ1) is 28.6. The number of ether oxygens (including phenoxy) is 2. The first-order chi connectivity index (χ1) is 20.0. The second-order valence-corrected chi connectivity index (χ2v) is 10.3. The van der Waals surface area contributed by atoms with Crippen LogP contribution in [0, 0.1) is 5.82 Å². The molecule has 0 saturated carbocycles. The van der Waals surface area contributed by atoms with Crippen molar-refractivity contribution in [1.82, 2.24) is 14.9 Å². The minimum atomic E-state index is -0.390. The van der Waals surface area contributed by atoms with Gasteiger partial charge in [-0.1, -0.05) is 35.0 Å². The molecule has 1 N–H and O–H groups in total. The molecule has 0 aliphatic carbocycles. The van der Waals surface area contributed by atoms with E-state index >= 15 is 0 Å². The van der Waals surface area contributed by atoms with Crippen LogP contribution in [0.25, 0.3) is 10.9 Å². The van der Waals surface area contributed by atoms with E-state index in [1.807, 2.05) is 43.3 Å². The molecule has 1 fully saturated rings. The first-order valence-electron chi connectivity index (χ1n) is 13.7. The van der Waals surface area contributed by atoms with Crippen molar-refractivity contribution in [2.75, 3.05) is 38.7 Å². The Balaban J connectivity index is 1.22. The topological polar surface area (TPSA) is 81.1 Å². The minimum absolute atomic E-state index is 0.145. The third-order valence-electron chi connectivity index (χ3n) is 7.00. The summed E-state index contributed by atoms with van der Waals surface area (Å²) in [6.45, 7) is 6.04. The lowest BCUT2D eigenvalue weighted by atomic mass is 10.1. The molecule has 8 nitrogen and oxygen atoms in total. The summed E-state index contributed by atoms with van der Waals surface area (Å²) in [5, 5.41) is 8.68. The Morgan fingerprint density at radius 1 is 1.05 bits per heavy atom. The first-order valence-corrected chi connectivity index (χ1v) is 14.0. The maximum Gasteiger partial charge on any atom is 0.163 e. The van der Waals surface area contributed by atoms with Crippen LogP contribution in [-0.4, -0.2) is 53.9 Å². The number of hydrogen-bond donors (Lipinski definition) is 1. The van der Waals surface area contributed by atoms with E-state index < -0.39 is 5.82 Å². The van der Waals surface area contributed by atoms with Gasteiger partial charge in [-0.2, -0.15) is 0 Å². The fraction of sp³-hybridized carbons (Fsp3) is 0.323. The molecule has 0 unspecified atom stereocenters. The zero-order chi connectivity index (χ0) is 28.6. The molecule has 0 radical (unpaired) electrons. The van der Waals surface area contributed by atoms with Crippen LogP contribution >= 0.6 is 11.6 Å². The van der Waals surface area contributed by atoms with Crippen LogP contribution in [0.1, 0.15) is 37.3 Å². The van der Waals surface area contributed by atoms with Crippen LogP contribution < -0.4 is 14.8 Å². The van der Waals surface area contributed by atoms with Gasteiger partial charge >= 0.3 is 0 Å². The highest BCUT2D eigenvalue weighted by Crippen LogP contribution is 2.35. The van der Waals surface area contributed by atoms with E-state index in [9.17, 15) is 4.39 Å². The Kier molecular flexibility index (Phi) is 9.48. The average molecular weight is 578 g/mol. The van der Waals surface area contributed by atoms with Gasteiger partial charge in [0.25, 0.3) is 0 Å². The molecule has 214 valence electrons. The number of halogens is 2. The van der Waals surface area contributed by atoms with Gasteiger partial charge in [0.05, 0.1) is 30.0 Å². The summed E-state index contributed by atoms with van der Waals surface area (Å²) in [5.41, 5.74) is 3.85. The molecular weight excluding hydrogens is 545 g/mol. The number of likely N-dealkylation sites (tertiary alicyclic amines) is 1. The molecule has 0 amide bonds. The van der Waals surface area contributed by atoms with E-state index in [0.29, 0.717) is 40.2 Å². The van der Waals surface area contributed by atoms with Gasteiger partial charge < -0.3 is 24.5 Å². The number of nitrogens with one attached hydrogen (secondary N) is 1. The second kappa shape index (κ2) is 13.6. The number of fused-ring (bicyclic) bond motifs is 1. The highest BCUT2D eigenvalue weighted by Gasteiger charge is 2.14. The fourth-order valence-electron chi connectivity index (χ4n) is 4.73. The Hall–Kier alpha value is -3.95. The van der Waals surface area contributed by atoms with Gasteiger partial charge in [0.2, 0.25) is 0 Å². The molecule has 10 heteroatoms. The summed E-state index contributed by atoms with van der Waals surface area (Å²) in [5.74, 6) is 1.58. The summed E-state index contributed by atoms with van der Waals surface area (Å²) < 4.78 is 24.9. The van der Waals surface area contributed by atoms with Crippen molar-refractivity contribution >= 4 is 39.7 Å². The van der Waals surface area contributed by atoms with Gasteiger partial charge in [0.15, 0.2) is 11.5 Å². The van der Waals surface area contributed by atoms with Gasteiger partial charge in [0.1, 0.15) is 24.6 Å². The molecule has 1 aliphatic heterocycles. The van der Waals surface area contributed by atoms with Crippen molar-refractivity contribution in [2.45, 2.75) is 32.8 Å². The molecule has 5 rings (SSSR count). The number of hydrogen-bond acceptors (Lipinski definition) is 8. The number of benzene rings is 3. The summed E-state index contributed by atoms with van der Waals surface area (Å²) >= 11 is 6.05. The lowest BCUT2D eigenvalue weighted by molar-refractivity contribution is 0.130. The van der Waals surface area contributed by atoms with Crippen molar-refractivity contribution in [3.05, 3.63) is 82.9 Å². The van der Waals surface area contributed by atoms with Crippen LogP contribution in [0.2, 0.25) is 5.02 Å². The number of anilines is 2. The van der Waals surface area contributed by atoms with Crippen molar-refractivity contribution in [1.29, 1.82) is 0 Å². The quantitative estimate of drug-likeness (QED) is 0.110. The average Bonchev–Trinajstić information content (AvgIpc) is 3.50. The van der Waals surface area contributed by atoms with E-state index in [4.69, 9.17) is 25.9 Å². The largest absolute Gasteiger partial charge is 0.493 e. The molecule has 4 aromatic rings. The fourth-order valence-corrected chi connectivity index (χ4v) is 4.96. The third kappa shape index (κ3) is 7.42. The highest BCUT2D eigenvalue weighted by atomic mass is 35.5. The molecule has 1 aromatic heterocycles. The zero-order valence-corrected chi connectivity index (χ0v) is 24.0. The molecule has 41 heavy (non-hydrogen) atoms. The van der Waals surface area contributed by atoms with Crippen LogP contribution in [0.4, 0.5) is 15.9 Å². The number of rotatable bonds is 12. The minimum Gasteiger partial charge on any atom is -0.493 e. The Labute approximate surface area is 244 Å². The molecule has 1 aliphatic rings. The van der Waals surface area contributed by atoms with Crippen LogP contribution in [0.15, 0.2) is 66.1 Å². The van der Waals surface area contributed by atoms with Crippen LogP contribution in [0.5, 0.6) is 11.5 Å². The maximum atomic E-state index is 13.2.